The van der Waals surface area contributed by atoms with Crippen LogP contribution in [0.3, 0.4) is 0 Å². The van der Waals surface area contributed by atoms with Crippen LogP contribution in [0.15, 0.2) is 42.1 Å². The zero-order valence-corrected chi connectivity index (χ0v) is 27.5. The van der Waals surface area contributed by atoms with Gasteiger partial charge in [0.2, 0.25) is 11.9 Å². The number of aromatic nitrogens is 6. The number of halogens is 4. The minimum Gasteiger partial charge on any atom is -0.359 e. The number of nitrogens with one attached hydrogen (secondary N) is 1. The van der Waals surface area contributed by atoms with E-state index in [1.54, 1.807) is 17.9 Å². The second-order valence-electron chi connectivity index (χ2n) is 12.7. The molecule has 1 N–H and O–H groups in total. The first-order valence-corrected chi connectivity index (χ1v) is 16.2. The lowest BCUT2D eigenvalue weighted by Gasteiger charge is -2.46. The van der Waals surface area contributed by atoms with Gasteiger partial charge in [-0.15, -0.1) is 5.10 Å². The number of hydrogen-bond donors (Lipinski definition) is 1. The van der Waals surface area contributed by atoms with Gasteiger partial charge in [-0.3, -0.25) is 0 Å². The fourth-order valence-electron chi connectivity index (χ4n) is 6.39. The van der Waals surface area contributed by atoms with E-state index in [-0.39, 0.29) is 23.3 Å². The maximum absolute atomic E-state index is 15.2. The molecule has 9 nitrogen and oxygen atoms in total. The summed E-state index contributed by atoms with van der Waals surface area (Å²) in [6, 6.07) is 3.89. The van der Waals surface area contributed by atoms with Gasteiger partial charge in [0.25, 0.3) is 0 Å². The molecule has 3 aliphatic rings. The van der Waals surface area contributed by atoms with Gasteiger partial charge in [-0.2, -0.15) is 14.5 Å². The molecule has 0 bridgehead atoms. The average molecular weight is 723 g/mol. The molecule has 0 aromatic carbocycles. The Bertz CT molecular complexity index is 1550. The van der Waals surface area contributed by atoms with Crippen molar-refractivity contribution in [3.05, 3.63) is 53.6 Å². The van der Waals surface area contributed by atoms with Crippen molar-refractivity contribution in [1.29, 1.82) is 0 Å². The van der Waals surface area contributed by atoms with Gasteiger partial charge >= 0.3 is 0 Å². The molecule has 1 saturated heterocycles. The standard InChI is InChI=1S/C31H38F3IN8O/c1-20(2)5-4-12-44-19-43-27(33)24(15-37-43)23-8-7-22(13-25(23)32)38-29-39-28(40-41(29)3)21-6-9-26(36-14-21)42-11-10-30(18-42)16-31(34,35)17-30/h6,9,13-15,20H,4-5,7-8,10-12,16-19H2,1-3H3,(H,38,39,40). The van der Waals surface area contributed by atoms with E-state index in [0.29, 0.717) is 55.7 Å². The monoisotopic (exact) mass is 722 g/mol. The molecule has 6 rings (SSSR count). The summed E-state index contributed by atoms with van der Waals surface area (Å²) >= 11 is 1.93. The average Bonchev–Trinajstić information content (AvgIpc) is 3.66. The van der Waals surface area contributed by atoms with E-state index < -0.39 is 15.5 Å². The second kappa shape index (κ2) is 12.5. The van der Waals surface area contributed by atoms with Crippen molar-refractivity contribution in [3.8, 4) is 11.4 Å². The van der Waals surface area contributed by atoms with Crippen LogP contribution in [-0.2, 0) is 18.5 Å². The molecular weight excluding hydrogens is 684 g/mol. The first-order chi connectivity index (χ1) is 21.0. The van der Waals surface area contributed by atoms with E-state index in [9.17, 15) is 4.39 Å². The molecule has 1 saturated carbocycles. The highest BCUT2D eigenvalue weighted by Gasteiger charge is 2.56. The van der Waals surface area contributed by atoms with Gasteiger partial charge in [-0.25, -0.2) is 23.1 Å². The van der Waals surface area contributed by atoms with Crippen LogP contribution in [0.2, 0.25) is 0 Å². The number of pyridine rings is 1. The predicted molar refractivity (Wildman–Crippen MR) is 172 cm³/mol. The molecule has 0 radical (unpaired) electrons. The van der Waals surface area contributed by atoms with Crippen molar-refractivity contribution in [2.45, 2.75) is 69.2 Å². The molecule has 0 atom stereocenters. The molecule has 3 aromatic rings. The minimum absolute atomic E-state index is 0.00704. The molecule has 1 aliphatic heterocycles. The molecular formula is C31H38F3IN8O. The fraction of sp³-hybridized carbons (Fsp3) is 0.548. The summed E-state index contributed by atoms with van der Waals surface area (Å²) in [5.74, 6) is 1.29. The number of anilines is 2. The quantitative estimate of drug-likeness (QED) is 0.128. The van der Waals surface area contributed by atoms with Gasteiger partial charge in [0.05, 0.1) is 11.8 Å². The van der Waals surface area contributed by atoms with Crippen molar-refractivity contribution in [2.24, 2.45) is 18.4 Å². The lowest BCUT2D eigenvalue weighted by Crippen LogP contribution is -2.46. The van der Waals surface area contributed by atoms with E-state index in [1.807, 2.05) is 34.7 Å². The lowest BCUT2D eigenvalue weighted by atomic mass is 9.67. The van der Waals surface area contributed by atoms with Gasteiger partial charge in [-0.05, 0) is 97.1 Å². The third kappa shape index (κ3) is 6.68. The number of aryl methyl sites for hydroxylation is 1. The predicted octanol–water partition coefficient (Wildman–Crippen LogP) is 7.18. The zero-order chi connectivity index (χ0) is 31.1. The summed E-state index contributed by atoms with van der Waals surface area (Å²) in [6.07, 6.45) is 9.39. The van der Waals surface area contributed by atoms with Gasteiger partial charge in [0.15, 0.2) is 9.50 Å². The SMILES string of the molecule is CC(C)CCCOCn1ncc(C2=C(F)C=C(Nc3nc(-c4ccc(N5CCC6(C5)CC(F)(I)C6)nc4)nn3C)CC2)c1F. The van der Waals surface area contributed by atoms with Crippen LogP contribution in [0.4, 0.5) is 24.9 Å². The summed E-state index contributed by atoms with van der Waals surface area (Å²) in [4.78, 5) is 11.5. The number of ether oxygens (including phenoxy) is 1. The minimum atomic E-state index is -1.07. The van der Waals surface area contributed by atoms with Crippen molar-refractivity contribution >= 4 is 39.9 Å². The first kappa shape index (κ1) is 31.1. The molecule has 1 spiro atoms. The van der Waals surface area contributed by atoms with E-state index in [1.165, 1.54) is 12.3 Å². The molecule has 3 aromatic heterocycles. The third-order valence-electron chi connectivity index (χ3n) is 8.69. The topological polar surface area (TPSA) is 85.9 Å². The fourth-order valence-corrected chi connectivity index (χ4v) is 8.01. The molecule has 0 amide bonds. The molecule has 2 aliphatic carbocycles. The number of nitrogens with zero attached hydrogens (tertiary/aromatic N) is 7. The van der Waals surface area contributed by atoms with E-state index in [0.717, 1.165) is 48.4 Å². The molecule has 2 fully saturated rings. The van der Waals surface area contributed by atoms with E-state index in [4.69, 9.17) is 4.74 Å². The smallest absolute Gasteiger partial charge is 0.225 e. The molecule has 44 heavy (non-hydrogen) atoms. The number of hydrogen-bond acceptors (Lipinski definition) is 7. The maximum atomic E-state index is 15.2. The van der Waals surface area contributed by atoms with Crippen LogP contribution in [0, 0.1) is 17.3 Å². The van der Waals surface area contributed by atoms with Gasteiger partial charge in [0.1, 0.15) is 18.4 Å². The highest BCUT2D eigenvalue weighted by Crippen LogP contribution is 2.59. The molecule has 0 unspecified atom stereocenters. The second-order valence-corrected chi connectivity index (χ2v) is 14.6. The molecule has 236 valence electrons. The highest BCUT2D eigenvalue weighted by atomic mass is 127. The molecule has 4 heterocycles. The summed E-state index contributed by atoms with van der Waals surface area (Å²) in [7, 11) is 1.76. The Hall–Kier alpha value is -2.94. The largest absolute Gasteiger partial charge is 0.359 e. The number of rotatable bonds is 11. The summed E-state index contributed by atoms with van der Waals surface area (Å²) < 4.78 is 51.6. The Kier molecular flexibility index (Phi) is 8.79. The third-order valence-corrected chi connectivity index (χ3v) is 9.45. The van der Waals surface area contributed by atoms with Crippen molar-refractivity contribution in [3.63, 3.8) is 0 Å². The van der Waals surface area contributed by atoms with Gasteiger partial charge in [-0.1, -0.05) is 13.8 Å². The maximum Gasteiger partial charge on any atom is 0.225 e. The van der Waals surface area contributed by atoms with Crippen LogP contribution in [-0.4, -0.2) is 52.9 Å². The lowest BCUT2D eigenvalue weighted by molar-refractivity contribution is 0.0311. The highest BCUT2D eigenvalue weighted by molar-refractivity contribution is 14.1. The van der Waals surface area contributed by atoms with Crippen LogP contribution in [0.5, 0.6) is 0 Å². The first-order valence-electron chi connectivity index (χ1n) is 15.2. The normalized spacial score (nSPS) is 23.5. The number of alkyl halides is 2. The van der Waals surface area contributed by atoms with Gasteiger partial charge < -0.3 is 15.0 Å². The Morgan fingerprint density at radius 1 is 1.16 bits per heavy atom. The zero-order valence-electron chi connectivity index (χ0n) is 25.3. The van der Waals surface area contributed by atoms with Gasteiger partial charge in [0, 0.05) is 49.8 Å². The van der Waals surface area contributed by atoms with E-state index >= 15 is 8.78 Å². The molecule has 13 heteroatoms. The van der Waals surface area contributed by atoms with Crippen LogP contribution >= 0.6 is 22.6 Å². The Morgan fingerprint density at radius 2 is 1.98 bits per heavy atom. The van der Waals surface area contributed by atoms with Crippen molar-refractivity contribution < 1.29 is 17.9 Å². The van der Waals surface area contributed by atoms with Crippen LogP contribution in [0.25, 0.3) is 17.0 Å². The Labute approximate surface area is 269 Å². The van der Waals surface area contributed by atoms with Crippen LogP contribution in [0.1, 0.15) is 64.4 Å². The van der Waals surface area contributed by atoms with E-state index in [2.05, 4.69) is 44.2 Å². The summed E-state index contributed by atoms with van der Waals surface area (Å²) in [5.41, 5.74) is 1.87. The Morgan fingerprint density at radius 3 is 2.68 bits per heavy atom. The van der Waals surface area contributed by atoms with Crippen LogP contribution < -0.4 is 10.2 Å². The van der Waals surface area contributed by atoms with Crippen molar-refractivity contribution in [2.75, 3.05) is 29.9 Å². The Balaban J connectivity index is 1.07. The summed E-state index contributed by atoms with van der Waals surface area (Å²) in [6.45, 7) is 6.51. The number of allylic oxidation sites excluding steroid dienone is 4. The van der Waals surface area contributed by atoms with Crippen molar-refractivity contribution in [1.82, 2.24) is 29.5 Å². The summed E-state index contributed by atoms with van der Waals surface area (Å²) in [5, 5.41) is 11.8.